The number of thioether (sulfide) groups is 1. The van der Waals surface area contributed by atoms with Crippen molar-refractivity contribution in [2.24, 2.45) is 0 Å². The number of esters is 1. The van der Waals surface area contributed by atoms with Gasteiger partial charge in [-0.05, 0) is 55.7 Å². The van der Waals surface area contributed by atoms with Crippen molar-refractivity contribution >= 4 is 35.6 Å². The van der Waals surface area contributed by atoms with E-state index in [9.17, 15) is 29.4 Å². The summed E-state index contributed by atoms with van der Waals surface area (Å²) < 4.78 is 21.3. The van der Waals surface area contributed by atoms with Crippen LogP contribution in [-0.2, 0) is 41.8 Å². The fourth-order valence-electron chi connectivity index (χ4n) is 4.75. The van der Waals surface area contributed by atoms with Crippen LogP contribution >= 0.6 is 11.8 Å². The SMILES string of the molecule is COCC1=C(C(=O)OCc2ccc(OC)cc2)N2C(=O)C(NC(=O)[C@H](NC(=O)OC(C)(C)C)c3ccc(CO)c(O)c3)[C@@H]2SC1. The summed E-state index contributed by atoms with van der Waals surface area (Å²) in [7, 11) is 3.03. The molecule has 242 valence electrons. The van der Waals surface area contributed by atoms with Gasteiger partial charge in [0.2, 0.25) is 5.91 Å². The smallest absolute Gasteiger partial charge is 0.408 e. The highest BCUT2D eigenvalue weighted by atomic mass is 32.2. The third-order valence-electron chi connectivity index (χ3n) is 6.92. The van der Waals surface area contributed by atoms with Crippen LogP contribution in [0.25, 0.3) is 0 Å². The van der Waals surface area contributed by atoms with Crippen molar-refractivity contribution in [1.29, 1.82) is 0 Å². The number of β-lactam (4-membered cyclic amide) rings is 1. The van der Waals surface area contributed by atoms with Crippen molar-refractivity contribution in [3.63, 3.8) is 0 Å². The zero-order valence-electron chi connectivity index (χ0n) is 25.6. The molecule has 0 radical (unpaired) electrons. The molecule has 2 aromatic rings. The highest BCUT2D eigenvalue weighted by molar-refractivity contribution is 8.00. The van der Waals surface area contributed by atoms with Gasteiger partial charge >= 0.3 is 12.1 Å². The van der Waals surface area contributed by atoms with Crippen LogP contribution in [0, 0.1) is 0 Å². The number of methoxy groups -OCH3 is 2. The lowest BCUT2D eigenvalue weighted by Gasteiger charge is -2.49. The maximum Gasteiger partial charge on any atom is 0.408 e. The van der Waals surface area contributed by atoms with Crippen molar-refractivity contribution in [2.75, 3.05) is 26.6 Å². The number of nitrogens with one attached hydrogen (secondary N) is 2. The second-order valence-electron chi connectivity index (χ2n) is 11.3. The maximum absolute atomic E-state index is 13.6. The molecule has 0 aliphatic carbocycles. The first-order valence-electron chi connectivity index (χ1n) is 14.0. The minimum Gasteiger partial charge on any atom is -0.508 e. The van der Waals surface area contributed by atoms with Crippen molar-refractivity contribution < 1.29 is 48.3 Å². The number of amides is 3. The largest absolute Gasteiger partial charge is 0.508 e. The number of rotatable bonds is 11. The predicted octanol–water partition coefficient (Wildman–Crippen LogP) is 2.50. The van der Waals surface area contributed by atoms with E-state index in [1.807, 2.05) is 0 Å². The maximum atomic E-state index is 13.6. The molecule has 0 spiro atoms. The van der Waals surface area contributed by atoms with Gasteiger partial charge in [0.05, 0.1) is 20.3 Å². The standard InChI is InChI=1S/C31H37N3O10S/c1-31(2,3)44-30(40)33-23(18-8-9-19(13-35)22(36)12-18)26(37)32-24-27(38)34-25(20(15-41-4)16-45-28(24)34)29(39)43-14-17-6-10-21(42-5)11-7-17/h6-12,23-24,28,35-36H,13-16H2,1-5H3,(H,32,37)(H,33,40)/t23-,24?,28+/m1/s1. The first kappa shape index (κ1) is 33.6. The van der Waals surface area contributed by atoms with Crippen LogP contribution in [0.4, 0.5) is 4.79 Å². The third-order valence-corrected chi connectivity index (χ3v) is 8.26. The summed E-state index contributed by atoms with van der Waals surface area (Å²) in [6.07, 6.45) is -0.893. The number of aliphatic hydroxyl groups excluding tert-OH is 1. The van der Waals surface area contributed by atoms with Crippen molar-refractivity contribution in [2.45, 2.75) is 57.0 Å². The van der Waals surface area contributed by atoms with Gasteiger partial charge in [-0.2, -0.15) is 0 Å². The summed E-state index contributed by atoms with van der Waals surface area (Å²) in [6.45, 7) is 4.62. The summed E-state index contributed by atoms with van der Waals surface area (Å²) in [5, 5.41) is 24.3. The average Bonchev–Trinajstić information content (AvgIpc) is 3.00. The molecule has 14 heteroatoms. The lowest BCUT2D eigenvalue weighted by atomic mass is 10.00. The Balaban J connectivity index is 1.52. The summed E-state index contributed by atoms with van der Waals surface area (Å²) >= 11 is 1.34. The quantitative estimate of drug-likeness (QED) is 0.209. The predicted molar refractivity (Wildman–Crippen MR) is 163 cm³/mol. The third kappa shape index (κ3) is 7.88. The lowest BCUT2D eigenvalue weighted by Crippen LogP contribution is -2.71. The Hall–Kier alpha value is -4.27. The fraction of sp³-hybridized carbons (Fsp3) is 0.419. The highest BCUT2D eigenvalue weighted by Gasteiger charge is 2.55. The molecule has 2 aliphatic heterocycles. The van der Waals surface area contributed by atoms with Crippen molar-refractivity contribution in [3.8, 4) is 11.5 Å². The van der Waals surface area contributed by atoms with Gasteiger partial charge in [0.25, 0.3) is 5.91 Å². The Morgan fingerprint density at radius 1 is 1.09 bits per heavy atom. The van der Waals surface area contributed by atoms with E-state index in [1.54, 1.807) is 52.1 Å². The number of ether oxygens (including phenoxy) is 4. The van der Waals surface area contributed by atoms with Crippen LogP contribution in [0.1, 0.15) is 43.5 Å². The second-order valence-corrected chi connectivity index (χ2v) is 12.4. The Kier molecular flexibility index (Phi) is 10.6. The Labute approximate surface area is 264 Å². The first-order valence-corrected chi connectivity index (χ1v) is 15.1. The Bertz CT molecular complexity index is 1470. The fourth-order valence-corrected chi connectivity index (χ4v) is 6.08. The zero-order chi connectivity index (χ0) is 32.9. The van der Waals surface area contributed by atoms with Gasteiger partial charge in [0, 0.05) is 18.4 Å². The number of hydrogen-bond acceptors (Lipinski definition) is 11. The number of phenols is 1. The molecular formula is C31H37N3O10S. The second kappa shape index (κ2) is 14.2. The van der Waals surface area contributed by atoms with E-state index in [1.165, 1.54) is 42.0 Å². The van der Waals surface area contributed by atoms with E-state index in [4.69, 9.17) is 18.9 Å². The van der Waals surface area contributed by atoms with Crippen LogP contribution in [0.5, 0.6) is 11.5 Å². The van der Waals surface area contributed by atoms with Crippen LogP contribution in [0.2, 0.25) is 0 Å². The molecule has 3 amide bonds. The van der Waals surface area contributed by atoms with Gasteiger partial charge in [0.1, 0.15) is 46.9 Å². The van der Waals surface area contributed by atoms with Crippen LogP contribution in [0.3, 0.4) is 0 Å². The molecule has 2 heterocycles. The summed E-state index contributed by atoms with van der Waals surface area (Å²) in [6, 6.07) is 8.75. The number of aromatic hydroxyl groups is 1. The van der Waals surface area contributed by atoms with Gasteiger partial charge in [0.15, 0.2) is 0 Å². The molecule has 13 nitrogen and oxygen atoms in total. The van der Waals surface area contributed by atoms with Crippen molar-refractivity contribution in [3.05, 3.63) is 70.4 Å². The van der Waals surface area contributed by atoms with E-state index in [2.05, 4.69) is 10.6 Å². The zero-order valence-corrected chi connectivity index (χ0v) is 26.4. The topological polar surface area (TPSA) is 173 Å². The van der Waals surface area contributed by atoms with Gasteiger partial charge in [-0.25, -0.2) is 9.59 Å². The van der Waals surface area contributed by atoms with E-state index in [-0.39, 0.29) is 35.8 Å². The Morgan fingerprint density at radius 3 is 2.40 bits per heavy atom. The normalized spacial score (nSPS) is 18.4. The molecule has 4 N–H and O–H groups in total. The summed E-state index contributed by atoms with van der Waals surface area (Å²) in [4.78, 5) is 54.3. The van der Waals surface area contributed by atoms with E-state index in [0.717, 1.165) is 5.56 Å². The number of hydrogen-bond donors (Lipinski definition) is 4. The molecule has 0 aromatic heterocycles. The Morgan fingerprint density at radius 2 is 1.80 bits per heavy atom. The molecule has 2 aromatic carbocycles. The van der Waals surface area contributed by atoms with E-state index < -0.39 is 53.5 Å². The van der Waals surface area contributed by atoms with Gasteiger partial charge in [-0.3, -0.25) is 14.5 Å². The molecule has 45 heavy (non-hydrogen) atoms. The summed E-state index contributed by atoms with van der Waals surface area (Å²) in [5.41, 5.74) is 0.920. The molecule has 0 bridgehead atoms. The van der Waals surface area contributed by atoms with Crippen LogP contribution in [0.15, 0.2) is 53.7 Å². The average molecular weight is 644 g/mol. The molecule has 1 saturated heterocycles. The molecular weight excluding hydrogens is 606 g/mol. The monoisotopic (exact) mass is 643 g/mol. The van der Waals surface area contributed by atoms with Crippen LogP contribution < -0.4 is 15.4 Å². The number of fused-ring (bicyclic) bond motifs is 1. The number of carbonyl (C=O) groups excluding carboxylic acids is 4. The van der Waals surface area contributed by atoms with Crippen LogP contribution in [-0.4, -0.2) is 82.6 Å². The summed E-state index contributed by atoms with van der Waals surface area (Å²) in [5.74, 6) is -1.26. The van der Waals surface area contributed by atoms with E-state index >= 15 is 0 Å². The minimum absolute atomic E-state index is 0.0352. The molecule has 1 fully saturated rings. The number of aliphatic hydroxyl groups is 1. The number of nitrogens with zero attached hydrogens (tertiary/aromatic N) is 1. The minimum atomic E-state index is -1.36. The molecule has 1 unspecified atom stereocenters. The molecule has 3 atom stereocenters. The van der Waals surface area contributed by atoms with Gasteiger partial charge in [-0.1, -0.05) is 24.3 Å². The lowest BCUT2D eigenvalue weighted by molar-refractivity contribution is -0.153. The van der Waals surface area contributed by atoms with Gasteiger partial charge in [-0.15, -0.1) is 11.8 Å². The molecule has 2 aliphatic rings. The van der Waals surface area contributed by atoms with Crippen molar-refractivity contribution in [1.82, 2.24) is 15.5 Å². The molecule has 0 saturated carbocycles. The highest BCUT2D eigenvalue weighted by Crippen LogP contribution is 2.41. The molecule has 4 rings (SSSR count). The van der Waals surface area contributed by atoms with Gasteiger partial charge < -0.3 is 39.8 Å². The number of carbonyl (C=O) groups is 4. The van der Waals surface area contributed by atoms with E-state index in [0.29, 0.717) is 17.1 Å². The first-order chi connectivity index (χ1) is 21.4. The number of benzene rings is 2. The number of alkyl carbamates (subject to hydrolysis) is 1.